The van der Waals surface area contributed by atoms with Crippen LogP contribution >= 0.6 is 0 Å². The number of halogens is 3. The molecule has 1 rings (SSSR count). The number of aromatic nitrogens is 2. The second-order valence-electron chi connectivity index (χ2n) is 3.85. The van der Waals surface area contributed by atoms with Gasteiger partial charge in [-0.1, -0.05) is 27.7 Å². The first-order valence-electron chi connectivity index (χ1n) is 5.77. The van der Waals surface area contributed by atoms with E-state index in [-0.39, 0.29) is 0 Å². The van der Waals surface area contributed by atoms with Crippen LogP contribution in [0.25, 0.3) is 0 Å². The van der Waals surface area contributed by atoms with Crippen LogP contribution < -0.4 is 0 Å². The minimum absolute atomic E-state index is 0.521. The molecule has 1 aromatic rings. The van der Waals surface area contributed by atoms with Crippen molar-refractivity contribution in [2.45, 2.75) is 46.7 Å². The Morgan fingerprint density at radius 2 is 1.59 bits per heavy atom. The van der Waals surface area contributed by atoms with E-state index in [4.69, 9.17) is 0 Å². The second-order valence-corrected chi connectivity index (χ2v) is 3.85. The van der Waals surface area contributed by atoms with Gasteiger partial charge in [-0.05, 0) is 24.3 Å². The molecule has 0 amide bonds. The van der Waals surface area contributed by atoms with Crippen molar-refractivity contribution in [3.63, 3.8) is 0 Å². The van der Waals surface area contributed by atoms with Gasteiger partial charge in [-0.25, -0.2) is 9.97 Å². The normalized spacial score (nSPS) is 11.1. The highest BCUT2D eigenvalue weighted by molar-refractivity contribution is 5.06. The third kappa shape index (κ3) is 6.24. The standard InChI is InChI=1S/C10H13F3N2.C2H6/c1-7(2)3-4-8-5-14-9(15-6-8)10(11,12)13;1-2/h5-7H,3-4H2,1-2H3;1-2H3. The predicted octanol–water partition coefficient (Wildman–Crippen LogP) is 4.11. The van der Waals surface area contributed by atoms with Gasteiger partial charge >= 0.3 is 6.18 Å². The number of rotatable bonds is 3. The molecule has 2 nitrogen and oxygen atoms in total. The lowest BCUT2D eigenvalue weighted by atomic mass is 10.1. The molecule has 98 valence electrons. The smallest absolute Gasteiger partial charge is 0.233 e. The molecule has 0 aliphatic carbocycles. The zero-order valence-corrected chi connectivity index (χ0v) is 10.7. The van der Waals surface area contributed by atoms with Crippen LogP contribution in [0.15, 0.2) is 12.4 Å². The van der Waals surface area contributed by atoms with Gasteiger partial charge in [0.2, 0.25) is 5.82 Å². The van der Waals surface area contributed by atoms with Crippen molar-refractivity contribution in [3.05, 3.63) is 23.8 Å². The molecule has 0 spiro atoms. The highest BCUT2D eigenvalue weighted by Crippen LogP contribution is 2.25. The number of aryl methyl sites for hydroxylation is 1. The van der Waals surface area contributed by atoms with Crippen molar-refractivity contribution in [3.8, 4) is 0 Å². The molecule has 5 heteroatoms. The summed E-state index contributed by atoms with van der Waals surface area (Å²) in [7, 11) is 0. The van der Waals surface area contributed by atoms with Crippen molar-refractivity contribution >= 4 is 0 Å². The average molecular weight is 248 g/mol. The molecule has 0 aliphatic heterocycles. The molecule has 1 aromatic heterocycles. The number of hydrogen-bond donors (Lipinski definition) is 0. The summed E-state index contributed by atoms with van der Waals surface area (Å²) in [5, 5.41) is 0. The Hall–Kier alpha value is -1.13. The number of hydrogen-bond acceptors (Lipinski definition) is 2. The minimum Gasteiger partial charge on any atom is -0.233 e. The molecule has 0 atom stereocenters. The van der Waals surface area contributed by atoms with E-state index in [9.17, 15) is 13.2 Å². The van der Waals surface area contributed by atoms with Crippen molar-refractivity contribution < 1.29 is 13.2 Å². The molecule has 1 heterocycles. The maximum atomic E-state index is 12.1. The molecule has 0 saturated heterocycles. The molecule has 0 N–H and O–H groups in total. The lowest BCUT2D eigenvalue weighted by Crippen LogP contribution is -2.11. The zero-order valence-electron chi connectivity index (χ0n) is 10.7. The molecule has 0 aromatic carbocycles. The van der Waals surface area contributed by atoms with Crippen LogP contribution in [0.2, 0.25) is 0 Å². The molecular formula is C12H19F3N2. The van der Waals surface area contributed by atoms with E-state index in [1.54, 1.807) is 0 Å². The summed E-state index contributed by atoms with van der Waals surface area (Å²) in [4.78, 5) is 6.58. The molecule has 0 unspecified atom stereocenters. The van der Waals surface area contributed by atoms with E-state index in [1.165, 1.54) is 12.4 Å². The topological polar surface area (TPSA) is 25.8 Å². The summed E-state index contributed by atoms with van der Waals surface area (Å²) in [6, 6.07) is 0. The summed E-state index contributed by atoms with van der Waals surface area (Å²) in [5.74, 6) is -0.553. The van der Waals surface area contributed by atoms with Gasteiger partial charge in [0.25, 0.3) is 0 Å². The second kappa shape index (κ2) is 7.25. The number of nitrogens with zero attached hydrogens (tertiary/aromatic N) is 2. The van der Waals surface area contributed by atoms with Gasteiger partial charge in [0.1, 0.15) is 0 Å². The summed E-state index contributed by atoms with van der Waals surface area (Å²) < 4.78 is 36.3. The zero-order chi connectivity index (χ0) is 13.5. The van der Waals surface area contributed by atoms with Crippen LogP contribution in [0, 0.1) is 5.92 Å². The molecule has 0 saturated carbocycles. The van der Waals surface area contributed by atoms with Crippen molar-refractivity contribution in [2.24, 2.45) is 5.92 Å². The van der Waals surface area contributed by atoms with Gasteiger partial charge in [-0.15, -0.1) is 0 Å². The van der Waals surface area contributed by atoms with Gasteiger partial charge in [0, 0.05) is 12.4 Å². The molecule has 0 bridgehead atoms. The Kier molecular flexibility index (Phi) is 6.76. The average Bonchev–Trinajstić information content (AvgIpc) is 2.28. The Morgan fingerprint density at radius 3 is 1.94 bits per heavy atom. The van der Waals surface area contributed by atoms with E-state index >= 15 is 0 Å². The first-order valence-corrected chi connectivity index (χ1v) is 5.77. The molecule has 17 heavy (non-hydrogen) atoms. The van der Waals surface area contributed by atoms with Crippen molar-refractivity contribution in [1.29, 1.82) is 0 Å². The van der Waals surface area contributed by atoms with Gasteiger partial charge < -0.3 is 0 Å². The van der Waals surface area contributed by atoms with Gasteiger partial charge in [-0.3, -0.25) is 0 Å². The van der Waals surface area contributed by atoms with Gasteiger partial charge in [-0.2, -0.15) is 13.2 Å². The Balaban J connectivity index is 0.00000121. The SMILES string of the molecule is CC.CC(C)CCc1cnc(C(F)(F)F)nc1. The van der Waals surface area contributed by atoms with E-state index in [0.29, 0.717) is 5.92 Å². The van der Waals surface area contributed by atoms with Gasteiger partial charge in [0.15, 0.2) is 0 Å². The predicted molar refractivity (Wildman–Crippen MR) is 61.5 cm³/mol. The summed E-state index contributed by atoms with van der Waals surface area (Å²) in [6.45, 7) is 8.12. The fourth-order valence-corrected chi connectivity index (χ4v) is 1.09. The number of alkyl halides is 3. The van der Waals surface area contributed by atoms with Crippen LogP contribution in [0.5, 0.6) is 0 Å². The summed E-state index contributed by atoms with van der Waals surface area (Å²) in [5.41, 5.74) is 0.747. The molecule has 0 aliphatic rings. The van der Waals surface area contributed by atoms with Crippen LogP contribution in [0.1, 0.15) is 45.5 Å². The third-order valence-corrected chi connectivity index (χ3v) is 1.97. The van der Waals surface area contributed by atoms with Crippen molar-refractivity contribution in [1.82, 2.24) is 9.97 Å². The molecule has 0 fully saturated rings. The Labute approximate surface area is 100 Å². The van der Waals surface area contributed by atoms with Crippen LogP contribution in [-0.2, 0) is 12.6 Å². The van der Waals surface area contributed by atoms with E-state index < -0.39 is 12.0 Å². The van der Waals surface area contributed by atoms with E-state index in [0.717, 1.165) is 18.4 Å². The highest BCUT2D eigenvalue weighted by Gasteiger charge is 2.34. The minimum atomic E-state index is -4.45. The van der Waals surface area contributed by atoms with Crippen LogP contribution in [0.3, 0.4) is 0 Å². The van der Waals surface area contributed by atoms with Crippen LogP contribution in [-0.4, -0.2) is 9.97 Å². The third-order valence-electron chi connectivity index (χ3n) is 1.97. The van der Waals surface area contributed by atoms with Crippen LogP contribution in [0.4, 0.5) is 13.2 Å². The molecular weight excluding hydrogens is 229 g/mol. The lowest BCUT2D eigenvalue weighted by molar-refractivity contribution is -0.145. The monoisotopic (exact) mass is 248 g/mol. The Morgan fingerprint density at radius 1 is 1.12 bits per heavy atom. The largest absolute Gasteiger partial charge is 0.451 e. The fraction of sp³-hybridized carbons (Fsp3) is 0.667. The van der Waals surface area contributed by atoms with E-state index in [2.05, 4.69) is 23.8 Å². The highest BCUT2D eigenvalue weighted by atomic mass is 19.4. The molecule has 0 radical (unpaired) electrons. The first-order chi connectivity index (χ1) is 7.89. The summed E-state index contributed by atoms with van der Waals surface area (Å²) in [6.07, 6.45) is -0.308. The Bertz CT molecular complexity index is 305. The maximum Gasteiger partial charge on any atom is 0.451 e. The fourth-order valence-electron chi connectivity index (χ4n) is 1.09. The lowest BCUT2D eigenvalue weighted by Gasteiger charge is -2.06. The van der Waals surface area contributed by atoms with Gasteiger partial charge in [0.05, 0.1) is 0 Å². The van der Waals surface area contributed by atoms with E-state index in [1.807, 2.05) is 13.8 Å². The summed E-state index contributed by atoms with van der Waals surface area (Å²) >= 11 is 0. The quantitative estimate of drug-likeness (QED) is 0.804. The van der Waals surface area contributed by atoms with Crippen molar-refractivity contribution in [2.75, 3.05) is 0 Å². The maximum absolute atomic E-state index is 12.1. The first kappa shape index (κ1) is 15.9.